The van der Waals surface area contributed by atoms with Crippen LogP contribution in [-0.2, 0) is 16.1 Å². The number of aromatic nitrogens is 1. The molecular formula is C15H15N3O3S2. The maximum absolute atomic E-state index is 12.3. The normalized spacial score (nSPS) is 17.0. The van der Waals surface area contributed by atoms with E-state index in [1.807, 2.05) is 30.3 Å². The molecule has 0 bridgehead atoms. The topological polar surface area (TPSA) is 71.5 Å². The fraction of sp³-hybridized carbons (Fsp3) is 0.267. The van der Waals surface area contributed by atoms with Crippen LogP contribution in [0.2, 0.25) is 0 Å². The summed E-state index contributed by atoms with van der Waals surface area (Å²) in [4.78, 5) is 30.0. The highest BCUT2D eigenvalue weighted by molar-refractivity contribution is 7.99. The lowest BCUT2D eigenvalue weighted by Gasteiger charge is -2.22. The van der Waals surface area contributed by atoms with E-state index >= 15 is 0 Å². The van der Waals surface area contributed by atoms with Crippen LogP contribution in [0.4, 0.5) is 9.93 Å². The number of hydrogen-bond acceptors (Lipinski definition) is 6. The highest BCUT2D eigenvalue weighted by Gasteiger charge is 2.36. The van der Waals surface area contributed by atoms with Crippen molar-refractivity contribution in [2.75, 3.05) is 16.9 Å². The molecule has 6 nitrogen and oxygen atoms in total. The number of benzene rings is 1. The lowest BCUT2D eigenvalue weighted by molar-refractivity contribution is -0.119. The first kappa shape index (κ1) is 15.8. The molecule has 1 aromatic carbocycles. The van der Waals surface area contributed by atoms with E-state index in [4.69, 9.17) is 4.74 Å². The number of rotatable bonds is 4. The summed E-state index contributed by atoms with van der Waals surface area (Å²) in [6.45, 7) is 0.196. The van der Waals surface area contributed by atoms with Crippen LogP contribution in [-0.4, -0.2) is 39.6 Å². The summed E-state index contributed by atoms with van der Waals surface area (Å²) in [6.07, 6.45) is 1.15. The van der Waals surface area contributed by atoms with Crippen molar-refractivity contribution in [2.24, 2.45) is 0 Å². The Bertz CT molecular complexity index is 664. The molecule has 1 saturated heterocycles. The van der Waals surface area contributed by atoms with Crippen LogP contribution in [0.15, 0.2) is 41.9 Å². The third kappa shape index (κ3) is 4.02. The molecular weight excluding hydrogens is 334 g/mol. The van der Waals surface area contributed by atoms with Gasteiger partial charge in [0, 0.05) is 17.3 Å². The van der Waals surface area contributed by atoms with E-state index in [0.717, 1.165) is 5.56 Å². The van der Waals surface area contributed by atoms with E-state index in [1.54, 1.807) is 11.6 Å². The Kier molecular flexibility index (Phi) is 5.14. The molecule has 1 aromatic heterocycles. The molecule has 0 radical (unpaired) electrons. The predicted octanol–water partition coefficient (Wildman–Crippen LogP) is 2.79. The molecule has 23 heavy (non-hydrogen) atoms. The summed E-state index contributed by atoms with van der Waals surface area (Å²) in [6, 6.07) is 8.92. The second-order valence-corrected chi connectivity index (χ2v) is 6.75. The van der Waals surface area contributed by atoms with E-state index in [2.05, 4.69) is 10.3 Å². The number of nitrogens with one attached hydrogen (secondary N) is 1. The quantitative estimate of drug-likeness (QED) is 0.919. The second-order valence-electron chi connectivity index (χ2n) is 4.85. The Hall–Kier alpha value is -2.06. The molecule has 8 heteroatoms. The lowest BCUT2D eigenvalue weighted by atomic mass is 10.2. The van der Waals surface area contributed by atoms with Gasteiger partial charge >= 0.3 is 6.09 Å². The zero-order valence-electron chi connectivity index (χ0n) is 12.2. The molecule has 2 amide bonds. The molecule has 1 N–H and O–H groups in total. The molecule has 1 aliphatic heterocycles. The number of carbonyl (C=O) groups is 2. The summed E-state index contributed by atoms with van der Waals surface area (Å²) in [5, 5.41) is 5.04. The van der Waals surface area contributed by atoms with Gasteiger partial charge in [0.15, 0.2) is 5.13 Å². The van der Waals surface area contributed by atoms with Gasteiger partial charge in [-0.05, 0) is 5.56 Å². The maximum atomic E-state index is 12.3. The SMILES string of the molecule is O=C(Nc1nccs1)[C@H]1CSCN1C(=O)OCc1ccccc1. The van der Waals surface area contributed by atoms with Crippen LogP contribution in [0.1, 0.15) is 5.56 Å². The average Bonchev–Trinajstić information content (AvgIpc) is 3.24. The fourth-order valence-corrected chi connectivity index (χ4v) is 3.79. The molecule has 2 heterocycles. The first-order valence-corrected chi connectivity index (χ1v) is 9.03. The minimum absolute atomic E-state index is 0.196. The van der Waals surface area contributed by atoms with Crippen LogP contribution in [0.5, 0.6) is 0 Å². The molecule has 1 fully saturated rings. The number of thiazole rings is 1. The summed E-state index contributed by atoms with van der Waals surface area (Å²) in [5.41, 5.74) is 0.913. The molecule has 2 aromatic rings. The molecule has 3 rings (SSSR count). The van der Waals surface area contributed by atoms with Crippen LogP contribution >= 0.6 is 23.1 Å². The molecule has 0 spiro atoms. The van der Waals surface area contributed by atoms with E-state index in [9.17, 15) is 9.59 Å². The first-order chi connectivity index (χ1) is 11.2. The molecule has 0 aliphatic carbocycles. The minimum Gasteiger partial charge on any atom is -0.445 e. The number of nitrogens with zero attached hydrogens (tertiary/aromatic N) is 2. The third-order valence-corrected chi connectivity index (χ3v) is 4.99. The van der Waals surface area contributed by atoms with Crippen molar-refractivity contribution in [3.8, 4) is 0 Å². The van der Waals surface area contributed by atoms with Crippen molar-refractivity contribution >= 4 is 40.2 Å². The summed E-state index contributed by atoms with van der Waals surface area (Å²) >= 11 is 2.87. The first-order valence-electron chi connectivity index (χ1n) is 6.99. The molecule has 0 saturated carbocycles. The largest absolute Gasteiger partial charge is 0.445 e. The van der Waals surface area contributed by atoms with Crippen molar-refractivity contribution in [3.05, 3.63) is 47.5 Å². The van der Waals surface area contributed by atoms with Gasteiger partial charge in [0.25, 0.3) is 0 Å². The van der Waals surface area contributed by atoms with Crippen molar-refractivity contribution in [2.45, 2.75) is 12.6 Å². The standard InChI is InChI=1S/C15H15N3O3S2/c19-13(17-14-16-6-7-23-14)12-9-22-10-18(12)15(20)21-8-11-4-2-1-3-5-11/h1-7,12H,8-10H2,(H,16,17,19)/t12-/m1/s1. The van der Waals surface area contributed by atoms with Gasteiger partial charge in [-0.15, -0.1) is 23.1 Å². The van der Waals surface area contributed by atoms with Gasteiger partial charge < -0.3 is 10.1 Å². The second kappa shape index (κ2) is 7.47. The van der Waals surface area contributed by atoms with Gasteiger partial charge in [-0.2, -0.15) is 0 Å². The van der Waals surface area contributed by atoms with Gasteiger partial charge in [-0.25, -0.2) is 9.78 Å². The fourth-order valence-electron chi connectivity index (χ4n) is 2.12. The average molecular weight is 349 g/mol. The van der Waals surface area contributed by atoms with Gasteiger partial charge in [0.2, 0.25) is 5.91 Å². The minimum atomic E-state index is -0.535. The predicted molar refractivity (Wildman–Crippen MR) is 90.3 cm³/mol. The van der Waals surface area contributed by atoms with Crippen LogP contribution < -0.4 is 5.32 Å². The van der Waals surface area contributed by atoms with Crippen molar-refractivity contribution < 1.29 is 14.3 Å². The molecule has 1 atom stereocenters. The van der Waals surface area contributed by atoms with Crippen molar-refractivity contribution in [3.63, 3.8) is 0 Å². The Morgan fingerprint density at radius 3 is 2.91 bits per heavy atom. The summed E-state index contributed by atoms with van der Waals surface area (Å²) < 4.78 is 5.31. The highest BCUT2D eigenvalue weighted by Crippen LogP contribution is 2.23. The van der Waals surface area contributed by atoms with Crippen LogP contribution in [0.3, 0.4) is 0 Å². The zero-order chi connectivity index (χ0) is 16.1. The van der Waals surface area contributed by atoms with Gasteiger partial charge in [-0.3, -0.25) is 9.69 Å². The highest BCUT2D eigenvalue weighted by atomic mass is 32.2. The van der Waals surface area contributed by atoms with E-state index in [1.165, 1.54) is 28.0 Å². The number of ether oxygens (including phenoxy) is 1. The van der Waals surface area contributed by atoms with Crippen LogP contribution in [0, 0.1) is 0 Å². The smallest absolute Gasteiger partial charge is 0.411 e. The number of anilines is 1. The Morgan fingerprint density at radius 1 is 1.35 bits per heavy atom. The van der Waals surface area contributed by atoms with Crippen molar-refractivity contribution in [1.82, 2.24) is 9.88 Å². The Morgan fingerprint density at radius 2 is 2.17 bits per heavy atom. The van der Waals surface area contributed by atoms with E-state index < -0.39 is 12.1 Å². The number of thioether (sulfide) groups is 1. The number of amides is 2. The Labute approximate surface area is 141 Å². The van der Waals surface area contributed by atoms with Crippen LogP contribution in [0.25, 0.3) is 0 Å². The van der Waals surface area contributed by atoms with Crippen molar-refractivity contribution in [1.29, 1.82) is 0 Å². The number of carbonyl (C=O) groups excluding carboxylic acids is 2. The number of hydrogen-bond donors (Lipinski definition) is 1. The summed E-state index contributed by atoms with van der Waals surface area (Å²) in [5.74, 6) is 0.767. The molecule has 0 unspecified atom stereocenters. The Balaban J connectivity index is 1.57. The third-order valence-electron chi connectivity index (χ3n) is 3.29. The maximum Gasteiger partial charge on any atom is 0.411 e. The summed E-state index contributed by atoms with van der Waals surface area (Å²) in [7, 11) is 0. The van der Waals surface area contributed by atoms with E-state index in [0.29, 0.717) is 16.8 Å². The van der Waals surface area contributed by atoms with Gasteiger partial charge in [0.05, 0.1) is 5.88 Å². The molecule has 1 aliphatic rings. The molecule has 120 valence electrons. The van der Waals surface area contributed by atoms with Gasteiger partial charge in [0.1, 0.15) is 12.6 Å². The monoisotopic (exact) mass is 349 g/mol. The lowest BCUT2D eigenvalue weighted by Crippen LogP contribution is -2.44. The zero-order valence-corrected chi connectivity index (χ0v) is 13.8. The van der Waals surface area contributed by atoms with E-state index in [-0.39, 0.29) is 12.5 Å². The van der Waals surface area contributed by atoms with Gasteiger partial charge in [-0.1, -0.05) is 30.3 Å².